The van der Waals surface area contributed by atoms with Gasteiger partial charge in [0.05, 0.1) is 5.41 Å². The first kappa shape index (κ1) is 22.6. The van der Waals surface area contributed by atoms with Crippen molar-refractivity contribution in [2.75, 3.05) is 19.6 Å². The van der Waals surface area contributed by atoms with Gasteiger partial charge >= 0.3 is 0 Å². The van der Waals surface area contributed by atoms with Gasteiger partial charge in [0, 0.05) is 37.6 Å². The topological polar surface area (TPSA) is 62.3 Å². The van der Waals surface area contributed by atoms with Crippen LogP contribution in [-0.2, 0) is 11.2 Å². The first-order valence-corrected chi connectivity index (χ1v) is 11.3. The fourth-order valence-corrected chi connectivity index (χ4v) is 4.72. The number of hydrogen-bond donors (Lipinski definition) is 1. The minimum atomic E-state index is -0.764. The number of hydrogen-bond acceptors (Lipinski definition) is 3. The van der Waals surface area contributed by atoms with Crippen molar-refractivity contribution in [3.05, 3.63) is 90.0 Å². The molecule has 4 rings (SSSR count). The summed E-state index contributed by atoms with van der Waals surface area (Å²) in [6.07, 6.45) is 5.40. The number of carbonyl (C=O) groups is 2. The maximum atomic E-state index is 13.7. The van der Waals surface area contributed by atoms with Crippen molar-refractivity contribution >= 4 is 11.8 Å². The highest BCUT2D eigenvalue weighted by molar-refractivity contribution is 5.95. The first-order valence-electron chi connectivity index (χ1n) is 11.3. The second-order valence-corrected chi connectivity index (χ2v) is 8.55. The molecule has 0 aliphatic carbocycles. The zero-order valence-corrected chi connectivity index (χ0v) is 18.8. The van der Waals surface area contributed by atoms with Crippen LogP contribution in [0.25, 0.3) is 11.1 Å². The number of likely N-dealkylation sites (tertiary alicyclic amines) is 1. The molecule has 170 valence electrons. The molecule has 0 radical (unpaired) electrons. The summed E-state index contributed by atoms with van der Waals surface area (Å²) in [7, 11) is 0. The number of pyridine rings is 1. The molecule has 0 bridgehead atoms. The van der Waals surface area contributed by atoms with E-state index in [1.54, 1.807) is 23.4 Å². The summed E-state index contributed by atoms with van der Waals surface area (Å²) in [6, 6.07) is 17.7. The molecule has 0 spiro atoms. The Morgan fingerprint density at radius 3 is 2.64 bits per heavy atom. The van der Waals surface area contributed by atoms with Crippen molar-refractivity contribution in [3.8, 4) is 11.1 Å². The molecular weight excluding hydrogens is 417 g/mol. The van der Waals surface area contributed by atoms with Crippen molar-refractivity contribution in [2.45, 2.75) is 26.2 Å². The Morgan fingerprint density at radius 1 is 1.09 bits per heavy atom. The molecule has 1 N–H and O–H groups in total. The third kappa shape index (κ3) is 4.95. The Kier molecular flexibility index (Phi) is 6.82. The van der Waals surface area contributed by atoms with E-state index in [9.17, 15) is 14.0 Å². The molecule has 1 aliphatic rings. The Hall–Kier alpha value is -3.54. The van der Waals surface area contributed by atoms with Crippen molar-refractivity contribution < 1.29 is 14.0 Å². The maximum absolute atomic E-state index is 13.7. The quantitative estimate of drug-likeness (QED) is 0.608. The van der Waals surface area contributed by atoms with E-state index in [-0.39, 0.29) is 11.8 Å². The van der Waals surface area contributed by atoms with Crippen LogP contribution in [0.3, 0.4) is 0 Å². The molecule has 1 aliphatic heterocycles. The van der Waals surface area contributed by atoms with Gasteiger partial charge in [-0.15, -0.1) is 0 Å². The van der Waals surface area contributed by atoms with Gasteiger partial charge < -0.3 is 10.2 Å². The summed E-state index contributed by atoms with van der Waals surface area (Å²) < 4.78 is 13.7. The average Bonchev–Trinajstić information content (AvgIpc) is 2.85. The van der Waals surface area contributed by atoms with Crippen LogP contribution in [0.1, 0.15) is 35.7 Å². The minimum Gasteiger partial charge on any atom is -0.356 e. The highest BCUT2D eigenvalue weighted by Gasteiger charge is 2.43. The van der Waals surface area contributed by atoms with Gasteiger partial charge in [0.1, 0.15) is 5.82 Å². The van der Waals surface area contributed by atoms with Crippen LogP contribution in [0.2, 0.25) is 0 Å². The molecule has 2 amide bonds. The molecule has 6 heteroatoms. The number of benzene rings is 2. The smallest absolute Gasteiger partial charge is 0.253 e. The van der Waals surface area contributed by atoms with Crippen LogP contribution in [0.4, 0.5) is 4.39 Å². The third-order valence-corrected chi connectivity index (χ3v) is 6.29. The largest absolute Gasteiger partial charge is 0.356 e. The number of piperidine rings is 1. The van der Waals surface area contributed by atoms with Crippen LogP contribution >= 0.6 is 0 Å². The fraction of sp³-hybridized carbons (Fsp3) is 0.296. The Morgan fingerprint density at radius 2 is 1.88 bits per heavy atom. The number of nitrogens with one attached hydrogen (secondary N) is 1. The molecule has 5 nitrogen and oxygen atoms in total. The van der Waals surface area contributed by atoms with Crippen LogP contribution in [0, 0.1) is 11.2 Å². The van der Waals surface area contributed by atoms with E-state index in [4.69, 9.17) is 0 Å². The summed E-state index contributed by atoms with van der Waals surface area (Å²) in [4.78, 5) is 32.4. The lowest BCUT2D eigenvalue weighted by Gasteiger charge is -2.42. The SMILES string of the molecule is CCNC(=O)[C@@]1(Cc2ccccc2-c2ccncc2)CCCN(C(=O)c2cccc(F)c2)C1. The normalized spacial score (nSPS) is 18.1. The van der Waals surface area contributed by atoms with E-state index < -0.39 is 11.2 Å². The highest BCUT2D eigenvalue weighted by atomic mass is 19.1. The molecule has 1 saturated heterocycles. The lowest BCUT2D eigenvalue weighted by Crippen LogP contribution is -2.54. The monoisotopic (exact) mass is 445 g/mol. The fourth-order valence-electron chi connectivity index (χ4n) is 4.72. The van der Waals surface area contributed by atoms with Crippen LogP contribution in [-0.4, -0.2) is 41.3 Å². The summed E-state index contributed by atoms with van der Waals surface area (Å²) >= 11 is 0. The molecule has 3 aromatic rings. The molecule has 2 heterocycles. The Bertz CT molecular complexity index is 1130. The summed E-state index contributed by atoms with van der Waals surface area (Å²) in [6.45, 7) is 3.25. The number of aromatic nitrogens is 1. The second kappa shape index (κ2) is 9.94. The number of rotatable bonds is 6. The first-order chi connectivity index (χ1) is 16.0. The lowest BCUT2D eigenvalue weighted by molar-refractivity contribution is -0.133. The molecule has 1 fully saturated rings. The average molecular weight is 446 g/mol. The van der Waals surface area contributed by atoms with Gasteiger partial charge in [-0.25, -0.2) is 4.39 Å². The number of amides is 2. The molecule has 33 heavy (non-hydrogen) atoms. The standard InChI is InChI=1S/C27H28FN3O2/c1-2-30-26(33)27(18-22-7-3-4-10-24(22)20-11-14-29-15-12-20)13-6-16-31(19-27)25(32)21-8-5-9-23(28)17-21/h3-5,7-12,14-15,17H,2,6,13,16,18-19H2,1H3,(H,30,33)/t27-/m1/s1. The summed E-state index contributed by atoms with van der Waals surface area (Å²) in [5.74, 6) is -0.740. The van der Waals surface area contributed by atoms with Gasteiger partial charge in [-0.3, -0.25) is 14.6 Å². The lowest BCUT2D eigenvalue weighted by atomic mass is 9.73. The van der Waals surface area contributed by atoms with E-state index in [2.05, 4.69) is 16.4 Å². The Balaban J connectivity index is 1.68. The zero-order chi connectivity index (χ0) is 23.3. The van der Waals surface area contributed by atoms with Crippen LogP contribution < -0.4 is 5.32 Å². The second-order valence-electron chi connectivity index (χ2n) is 8.55. The molecule has 0 saturated carbocycles. The van der Waals surface area contributed by atoms with Gasteiger partial charge in [-0.2, -0.15) is 0 Å². The van der Waals surface area contributed by atoms with Crippen molar-refractivity contribution in [1.82, 2.24) is 15.2 Å². The zero-order valence-electron chi connectivity index (χ0n) is 18.8. The van der Waals surface area contributed by atoms with Gasteiger partial charge in [0.25, 0.3) is 5.91 Å². The molecule has 2 aromatic carbocycles. The van der Waals surface area contributed by atoms with E-state index >= 15 is 0 Å². The minimum absolute atomic E-state index is 0.0497. The summed E-state index contributed by atoms with van der Waals surface area (Å²) in [5.41, 5.74) is 2.68. The van der Waals surface area contributed by atoms with Gasteiger partial charge in [-0.1, -0.05) is 30.3 Å². The van der Waals surface area contributed by atoms with Gasteiger partial charge in [0.2, 0.25) is 5.91 Å². The van der Waals surface area contributed by atoms with Crippen LogP contribution in [0.15, 0.2) is 73.1 Å². The predicted molar refractivity (Wildman–Crippen MR) is 126 cm³/mol. The number of nitrogens with zero attached hydrogens (tertiary/aromatic N) is 2. The van der Waals surface area contributed by atoms with Gasteiger partial charge in [-0.05, 0) is 73.2 Å². The maximum Gasteiger partial charge on any atom is 0.253 e. The Labute approximate surface area is 193 Å². The molecule has 0 unspecified atom stereocenters. The van der Waals surface area contributed by atoms with Crippen molar-refractivity contribution in [1.29, 1.82) is 0 Å². The number of halogens is 1. The predicted octanol–water partition coefficient (Wildman–Crippen LogP) is 4.49. The molecule has 1 aromatic heterocycles. The number of carbonyl (C=O) groups excluding carboxylic acids is 2. The third-order valence-electron chi connectivity index (χ3n) is 6.29. The van der Waals surface area contributed by atoms with Gasteiger partial charge in [0.15, 0.2) is 0 Å². The van der Waals surface area contributed by atoms with E-state index in [0.29, 0.717) is 44.5 Å². The highest BCUT2D eigenvalue weighted by Crippen LogP contribution is 2.37. The summed E-state index contributed by atoms with van der Waals surface area (Å²) in [5, 5.41) is 3.00. The van der Waals surface area contributed by atoms with Crippen LogP contribution in [0.5, 0.6) is 0 Å². The van der Waals surface area contributed by atoms with E-state index in [1.807, 2.05) is 37.3 Å². The molecule has 1 atom stereocenters. The molecular formula is C27H28FN3O2. The van der Waals surface area contributed by atoms with Crippen molar-refractivity contribution in [3.63, 3.8) is 0 Å². The van der Waals surface area contributed by atoms with E-state index in [1.165, 1.54) is 18.2 Å². The van der Waals surface area contributed by atoms with E-state index in [0.717, 1.165) is 16.7 Å². The van der Waals surface area contributed by atoms with Crippen molar-refractivity contribution in [2.24, 2.45) is 5.41 Å².